The zero-order chi connectivity index (χ0) is 43.3. The summed E-state index contributed by atoms with van der Waals surface area (Å²) in [6.45, 7) is 0. The van der Waals surface area contributed by atoms with Crippen molar-refractivity contribution in [2.75, 3.05) is 4.90 Å². The summed E-state index contributed by atoms with van der Waals surface area (Å²) in [5.74, 6) is 0. The Kier molecular flexibility index (Phi) is 8.36. The van der Waals surface area contributed by atoms with E-state index in [9.17, 15) is 0 Å². The van der Waals surface area contributed by atoms with Crippen LogP contribution in [0.25, 0.3) is 112 Å². The Hall–Kier alpha value is -8.02. The Bertz CT molecular complexity index is 4230. The molecule has 0 bridgehead atoms. The van der Waals surface area contributed by atoms with Gasteiger partial charge in [0.1, 0.15) is 0 Å². The number of nitrogens with zero attached hydrogens (tertiary/aromatic N) is 2. The van der Waals surface area contributed by atoms with E-state index < -0.39 is 0 Å². The van der Waals surface area contributed by atoms with Gasteiger partial charge < -0.3 is 9.47 Å². The molecule has 14 aromatic rings. The molecule has 0 aliphatic heterocycles. The minimum atomic E-state index is 1.11. The maximum atomic E-state index is 2.52. The van der Waals surface area contributed by atoms with Crippen molar-refractivity contribution in [1.29, 1.82) is 0 Å². The van der Waals surface area contributed by atoms with Gasteiger partial charge in [-0.2, -0.15) is 0 Å². The van der Waals surface area contributed by atoms with E-state index in [0.29, 0.717) is 0 Å². The first-order chi connectivity index (χ1) is 32.7. The third-order valence-electron chi connectivity index (χ3n) is 13.5. The van der Waals surface area contributed by atoms with Crippen LogP contribution in [0.1, 0.15) is 0 Å². The molecule has 11 aromatic carbocycles. The van der Waals surface area contributed by atoms with Crippen LogP contribution in [0.2, 0.25) is 0 Å². The number of hydrogen-bond donors (Lipinski definition) is 0. The molecule has 0 saturated carbocycles. The molecule has 308 valence electrons. The van der Waals surface area contributed by atoms with Crippen LogP contribution >= 0.6 is 22.7 Å². The molecule has 2 nitrogen and oxygen atoms in total. The van der Waals surface area contributed by atoms with Crippen LogP contribution in [-0.4, -0.2) is 4.57 Å². The summed E-state index contributed by atoms with van der Waals surface area (Å²) in [4.78, 5) is 2.51. The zero-order valence-electron chi connectivity index (χ0n) is 35.7. The van der Waals surface area contributed by atoms with E-state index in [2.05, 4.69) is 240 Å². The lowest BCUT2D eigenvalue weighted by Crippen LogP contribution is -2.10. The molecular formula is C62H38N2S2. The average molecular weight is 875 g/mol. The highest BCUT2D eigenvalue weighted by molar-refractivity contribution is 7.26. The van der Waals surface area contributed by atoms with Gasteiger partial charge in [-0.3, -0.25) is 0 Å². The molecule has 3 heterocycles. The van der Waals surface area contributed by atoms with Gasteiger partial charge in [0.25, 0.3) is 0 Å². The van der Waals surface area contributed by atoms with E-state index in [-0.39, 0.29) is 0 Å². The molecule has 0 atom stereocenters. The number of rotatable bonds is 6. The van der Waals surface area contributed by atoms with Gasteiger partial charge in [0.05, 0.1) is 16.7 Å². The van der Waals surface area contributed by atoms with E-state index in [1.54, 1.807) is 0 Å². The molecule has 0 aliphatic rings. The summed E-state index contributed by atoms with van der Waals surface area (Å²) >= 11 is 3.73. The van der Waals surface area contributed by atoms with Gasteiger partial charge in [-0.05, 0) is 123 Å². The lowest BCUT2D eigenvalue weighted by atomic mass is 9.95. The number of anilines is 3. The summed E-state index contributed by atoms with van der Waals surface area (Å²) in [5, 5.41) is 12.5. The highest BCUT2D eigenvalue weighted by Gasteiger charge is 2.24. The van der Waals surface area contributed by atoms with Crippen molar-refractivity contribution in [3.05, 3.63) is 231 Å². The average Bonchev–Trinajstić information content (AvgIpc) is 4.06. The highest BCUT2D eigenvalue weighted by Crippen LogP contribution is 2.49. The molecule has 14 rings (SSSR count). The first kappa shape index (κ1) is 37.4. The smallest absolute Gasteiger partial charge is 0.0619 e. The van der Waals surface area contributed by atoms with E-state index in [0.717, 1.165) is 22.7 Å². The van der Waals surface area contributed by atoms with E-state index in [1.807, 2.05) is 22.7 Å². The van der Waals surface area contributed by atoms with E-state index >= 15 is 0 Å². The number of hydrogen-bond acceptors (Lipinski definition) is 3. The van der Waals surface area contributed by atoms with Gasteiger partial charge in [0.2, 0.25) is 0 Å². The quantitative estimate of drug-likeness (QED) is 0.151. The number of benzene rings is 11. The molecule has 4 heteroatoms. The molecule has 0 N–H and O–H groups in total. The zero-order valence-corrected chi connectivity index (χ0v) is 37.3. The fourth-order valence-electron chi connectivity index (χ4n) is 10.5. The van der Waals surface area contributed by atoms with Crippen molar-refractivity contribution in [2.45, 2.75) is 0 Å². The van der Waals surface area contributed by atoms with Gasteiger partial charge >= 0.3 is 0 Å². The van der Waals surface area contributed by atoms with E-state index in [1.165, 1.54) is 106 Å². The predicted molar refractivity (Wildman–Crippen MR) is 287 cm³/mol. The van der Waals surface area contributed by atoms with Gasteiger partial charge in [-0.1, -0.05) is 146 Å². The number of fused-ring (bicyclic) bond motifs is 12. The van der Waals surface area contributed by atoms with Crippen molar-refractivity contribution < 1.29 is 0 Å². The van der Waals surface area contributed by atoms with Crippen molar-refractivity contribution in [2.24, 2.45) is 0 Å². The number of thiophene rings is 2. The maximum Gasteiger partial charge on any atom is 0.0619 e. The second-order valence-electron chi connectivity index (χ2n) is 17.2. The van der Waals surface area contributed by atoms with Crippen LogP contribution in [0.5, 0.6) is 0 Å². The minimum absolute atomic E-state index is 1.11. The van der Waals surface area contributed by atoms with Crippen molar-refractivity contribution in [3.8, 4) is 27.9 Å². The Balaban J connectivity index is 1.10. The Morgan fingerprint density at radius 1 is 0.333 bits per heavy atom. The van der Waals surface area contributed by atoms with Gasteiger partial charge in [0, 0.05) is 73.7 Å². The Labute approximate surface area is 389 Å². The molecule has 66 heavy (non-hydrogen) atoms. The van der Waals surface area contributed by atoms with Gasteiger partial charge in [-0.15, -0.1) is 22.7 Å². The topological polar surface area (TPSA) is 8.17 Å². The van der Waals surface area contributed by atoms with Gasteiger partial charge in [0.15, 0.2) is 0 Å². The Morgan fingerprint density at radius 3 is 1.76 bits per heavy atom. The largest absolute Gasteiger partial charge is 0.310 e. The fraction of sp³-hybridized carbons (Fsp3) is 0. The summed E-state index contributed by atoms with van der Waals surface area (Å²) < 4.78 is 7.70. The summed E-state index contributed by atoms with van der Waals surface area (Å²) in [6, 6.07) is 85.5. The molecule has 0 amide bonds. The number of aromatic nitrogens is 1. The highest BCUT2D eigenvalue weighted by atomic mass is 32.1. The maximum absolute atomic E-state index is 2.52. The second kappa shape index (κ2) is 14.8. The molecule has 0 fully saturated rings. The molecule has 0 saturated heterocycles. The third kappa shape index (κ3) is 5.79. The molecule has 0 aliphatic carbocycles. The first-order valence-corrected chi connectivity index (χ1v) is 24.1. The monoisotopic (exact) mass is 874 g/mol. The lowest BCUT2D eigenvalue weighted by Gasteiger charge is -2.27. The third-order valence-corrected chi connectivity index (χ3v) is 15.8. The standard InChI is InChI=1S/C62H38N2S2/c1-3-14-39(15-4-1)43-34-51(40-16-5-2-6-17-40)62-54(35-43)52-37-45(30-32-55(52)64(62)46-31-33-59-53(38-46)48-20-9-11-23-57(48)65-59)63(56-22-13-25-60-61(56)49-21-10-12-24-58(49)66-60)44-29-28-42-27-26-41-18-7-8-19-47(41)50(42)36-44/h1-38H. The summed E-state index contributed by atoms with van der Waals surface area (Å²) in [6.07, 6.45) is 0. The molecule has 0 spiro atoms. The SMILES string of the molecule is c1ccc(-c2cc(-c3ccccc3)c3c(c2)c2cc(N(c4ccc5ccc6ccccc6c5c4)c4cccc5sc6ccccc6c45)ccc2n3-c2ccc3sc4ccccc4c3c2)cc1. The molecular weight excluding hydrogens is 837 g/mol. The lowest BCUT2D eigenvalue weighted by molar-refractivity contribution is 1.19. The molecule has 0 radical (unpaired) electrons. The van der Waals surface area contributed by atoms with Crippen LogP contribution in [-0.2, 0) is 0 Å². The van der Waals surface area contributed by atoms with Crippen molar-refractivity contribution >= 4 is 123 Å². The molecule has 0 unspecified atom stereocenters. The van der Waals surface area contributed by atoms with Crippen LogP contribution in [0, 0.1) is 0 Å². The Morgan fingerprint density at radius 2 is 0.939 bits per heavy atom. The van der Waals surface area contributed by atoms with Crippen LogP contribution < -0.4 is 4.90 Å². The second-order valence-corrected chi connectivity index (χ2v) is 19.4. The van der Waals surface area contributed by atoms with Crippen LogP contribution in [0.3, 0.4) is 0 Å². The van der Waals surface area contributed by atoms with Gasteiger partial charge in [-0.25, -0.2) is 0 Å². The summed E-state index contributed by atoms with van der Waals surface area (Å²) in [7, 11) is 0. The normalized spacial score (nSPS) is 11.9. The van der Waals surface area contributed by atoms with Crippen LogP contribution in [0.4, 0.5) is 17.1 Å². The fourth-order valence-corrected chi connectivity index (χ4v) is 12.7. The minimum Gasteiger partial charge on any atom is -0.310 e. The summed E-state index contributed by atoms with van der Waals surface area (Å²) in [5.41, 5.74) is 11.7. The first-order valence-electron chi connectivity index (χ1n) is 22.5. The molecule has 3 aromatic heterocycles. The predicted octanol–water partition coefficient (Wildman–Crippen LogP) is 18.6. The van der Waals surface area contributed by atoms with Crippen LogP contribution in [0.15, 0.2) is 231 Å². The van der Waals surface area contributed by atoms with Crippen molar-refractivity contribution in [1.82, 2.24) is 4.57 Å². The van der Waals surface area contributed by atoms with E-state index in [4.69, 9.17) is 0 Å². The van der Waals surface area contributed by atoms with Crippen molar-refractivity contribution in [3.63, 3.8) is 0 Å².